The lowest BCUT2D eigenvalue weighted by atomic mass is 10.3. The fourth-order valence-corrected chi connectivity index (χ4v) is 1.78. The number of nitrogens with one attached hydrogen (secondary N) is 1. The van der Waals surface area contributed by atoms with Crippen LogP contribution in [0.15, 0.2) is 18.3 Å². The number of morpholine rings is 1. The number of hydrogen-bond acceptors (Lipinski definition) is 4. The number of aromatic nitrogens is 1. The SMILES string of the molecule is CC(Nc1ccc(N2CCOCC2)nc1)C(F)F. The van der Waals surface area contributed by atoms with Crippen LogP contribution in [0.5, 0.6) is 0 Å². The first-order valence-corrected chi connectivity index (χ1v) is 6.00. The van der Waals surface area contributed by atoms with Crippen LogP contribution < -0.4 is 10.2 Å². The van der Waals surface area contributed by atoms with Crippen molar-refractivity contribution >= 4 is 11.5 Å². The van der Waals surface area contributed by atoms with Crippen LogP contribution >= 0.6 is 0 Å². The van der Waals surface area contributed by atoms with Crippen LogP contribution in [0.1, 0.15) is 6.92 Å². The van der Waals surface area contributed by atoms with Crippen LogP contribution in [-0.4, -0.2) is 43.8 Å². The molecular weight excluding hydrogens is 240 g/mol. The third-order valence-electron chi connectivity index (χ3n) is 2.86. The van der Waals surface area contributed by atoms with Gasteiger partial charge in [-0.05, 0) is 19.1 Å². The standard InChI is InChI=1S/C12H17F2N3O/c1-9(12(13)14)16-10-2-3-11(15-8-10)17-4-6-18-7-5-17/h2-3,8-9,12,16H,4-7H2,1H3. The molecule has 0 aliphatic carbocycles. The summed E-state index contributed by atoms with van der Waals surface area (Å²) >= 11 is 0. The van der Waals surface area contributed by atoms with E-state index in [1.165, 1.54) is 6.92 Å². The first-order valence-electron chi connectivity index (χ1n) is 6.00. The average Bonchev–Trinajstić information content (AvgIpc) is 2.40. The molecule has 1 N–H and O–H groups in total. The van der Waals surface area contributed by atoms with Crippen LogP contribution in [0.4, 0.5) is 20.3 Å². The van der Waals surface area contributed by atoms with Gasteiger partial charge in [0.05, 0.1) is 31.1 Å². The lowest BCUT2D eigenvalue weighted by Gasteiger charge is -2.27. The van der Waals surface area contributed by atoms with Gasteiger partial charge in [-0.3, -0.25) is 0 Å². The second-order valence-electron chi connectivity index (χ2n) is 4.27. The van der Waals surface area contributed by atoms with Crippen molar-refractivity contribution in [1.29, 1.82) is 0 Å². The van der Waals surface area contributed by atoms with Gasteiger partial charge in [0.2, 0.25) is 0 Å². The van der Waals surface area contributed by atoms with E-state index in [4.69, 9.17) is 4.74 Å². The molecule has 2 heterocycles. The average molecular weight is 257 g/mol. The zero-order valence-electron chi connectivity index (χ0n) is 10.3. The van der Waals surface area contributed by atoms with Gasteiger partial charge in [-0.2, -0.15) is 0 Å². The molecular formula is C12H17F2N3O. The van der Waals surface area contributed by atoms with E-state index in [-0.39, 0.29) is 0 Å². The summed E-state index contributed by atoms with van der Waals surface area (Å²) in [5.41, 5.74) is 0.611. The Hall–Kier alpha value is -1.43. The van der Waals surface area contributed by atoms with Crippen LogP contribution in [0.2, 0.25) is 0 Å². The minimum absolute atomic E-state index is 0.611. The van der Waals surface area contributed by atoms with Gasteiger partial charge in [-0.15, -0.1) is 0 Å². The molecule has 0 spiro atoms. The molecule has 100 valence electrons. The Bertz CT molecular complexity index is 366. The molecule has 6 heteroatoms. The van der Waals surface area contributed by atoms with Gasteiger partial charge >= 0.3 is 0 Å². The summed E-state index contributed by atoms with van der Waals surface area (Å²) in [6.07, 6.45) is -0.798. The Labute approximate surface area is 105 Å². The van der Waals surface area contributed by atoms with Crippen LogP contribution in [-0.2, 0) is 4.74 Å². The number of rotatable bonds is 4. The summed E-state index contributed by atoms with van der Waals surface area (Å²) in [4.78, 5) is 6.39. The molecule has 4 nitrogen and oxygen atoms in total. The summed E-state index contributed by atoms with van der Waals surface area (Å²) in [7, 11) is 0. The molecule has 1 unspecified atom stereocenters. The Morgan fingerprint density at radius 2 is 2.06 bits per heavy atom. The van der Waals surface area contributed by atoms with E-state index in [1.54, 1.807) is 12.3 Å². The van der Waals surface area contributed by atoms with Crippen molar-refractivity contribution in [2.75, 3.05) is 36.5 Å². The summed E-state index contributed by atoms with van der Waals surface area (Å²) in [5, 5.41) is 2.72. The van der Waals surface area contributed by atoms with E-state index >= 15 is 0 Å². The summed E-state index contributed by atoms with van der Waals surface area (Å²) in [6.45, 7) is 4.47. The zero-order valence-corrected chi connectivity index (χ0v) is 10.3. The number of hydrogen-bond donors (Lipinski definition) is 1. The monoisotopic (exact) mass is 257 g/mol. The van der Waals surface area contributed by atoms with Crippen molar-refractivity contribution in [3.63, 3.8) is 0 Å². The first-order chi connectivity index (χ1) is 8.66. The second-order valence-corrected chi connectivity index (χ2v) is 4.27. The predicted molar refractivity (Wildman–Crippen MR) is 66.4 cm³/mol. The maximum Gasteiger partial charge on any atom is 0.258 e. The largest absolute Gasteiger partial charge is 0.378 e. The van der Waals surface area contributed by atoms with Gasteiger partial charge in [0, 0.05) is 13.1 Å². The van der Waals surface area contributed by atoms with E-state index in [1.807, 2.05) is 6.07 Å². The lowest BCUT2D eigenvalue weighted by Crippen LogP contribution is -2.36. The van der Waals surface area contributed by atoms with Gasteiger partial charge in [0.15, 0.2) is 0 Å². The van der Waals surface area contributed by atoms with Gasteiger partial charge < -0.3 is 15.0 Å². The molecule has 0 amide bonds. The molecule has 1 atom stereocenters. The molecule has 0 saturated carbocycles. The molecule has 1 fully saturated rings. The van der Waals surface area contributed by atoms with Gasteiger partial charge in [0.1, 0.15) is 5.82 Å². The Balaban J connectivity index is 1.96. The third-order valence-corrected chi connectivity index (χ3v) is 2.86. The summed E-state index contributed by atoms with van der Waals surface area (Å²) < 4.78 is 30.0. The highest BCUT2D eigenvalue weighted by Gasteiger charge is 2.15. The van der Waals surface area contributed by atoms with Crippen LogP contribution in [0, 0.1) is 0 Å². The summed E-state index contributed by atoms with van der Waals surface area (Å²) in [6, 6.07) is 2.74. The van der Waals surface area contributed by atoms with Crippen molar-refractivity contribution in [2.45, 2.75) is 19.4 Å². The number of pyridine rings is 1. The van der Waals surface area contributed by atoms with Gasteiger partial charge in [0.25, 0.3) is 6.43 Å². The van der Waals surface area contributed by atoms with E-state index in [0.717, 1.165) is 18.9 Å². The fourth-order valence-electron chi connectivity index (χ4n) is 1.78. The first kappa shape index (κ1) is 13.0. The lowest BCUT2D eigenvalue weighted by molar-refractivity contribution is 0.122. The van der Waals surface area contributed by atoms with Gasteiger partial charge in [-0.25, -0.2) is 13.8 Å². The molecule has 0 bridgehead atoms. The Morgan fingerprint density at radius 1 is 1.33 bits per heavy atom. The number of anilines is 2. The quantitative estimate of drug-likeness (QED) is 0.895. The van der Waals surface area contributed by atoms with Crippen LogP contribution in [0.3, 0.4) is 0 Å². The highest BCUT2D eigenvalue weighted by atomic mass is 19.3. The van der Waals surface area contributed by atoms with Crippen molar-refractivity contribution in [3.05, 3.63) is 18.3 Å². The van der Waals surface area contributed by atoms with Crippen molar-refractivity contribution in [3.8, 4) is 0 Å². The summed E-state index contributed by atoms with van der Waals surface area (Å²) in [5.74, 6) is 0.855. The second kappa shape index (κ2) is 5.95. The molecule has 0 radical (unpaired) electrons. The maximum atomic E-state index is 12.4. The third kappa shape index (κ3) is 3.29. The van der Waals surface area contributed by atoms with E-state index < -0.39 is 12.5 Å². The molecule has 1 aliphatic heterocycles. The molecule has 1 saturated heterocycles. The number of halogens is 2. The minimum atomic E-state index is -2.39. The minimum Gasteiger partial charge on any atom is -0.378 e. The van der Waals surface area contributed by atoms with Crippen molar-refractivity contribution in [2.24, 2.45) is 0 Å². The molecule has 1 aliphatic rings. The van der Waals surface area contributed by atoms with E-state index in [0.29, 0.717) is 18.9 Å². The zero-order chi connectivity index (χ0) is 13.0. The topological polar surface area (TPSA) is 37.4 Å². The molecule has 1 aromatic rings. The van der Waals surface area contributed by atoms with Crippen LogP contribution in [0.25, 0.3) is 0 Å². The number of ether oxygens (including phenoxy) is 1. The van der Waals surface area contributed by atoms with E-state index in [9.17, 15) is 8.78 Å². The smallest absolute Gasteiger partial charge is 0.258 e. The van der Waals surface area contributed by atoms with Crippen molar-refractivity contribution < 1.29 is 13.5 Å². The highest BCUT2D eigenvalue weighted by Crippen LogP contribution is 2.17. The Morgan fingerprint density at radius 3 is 2.61 bits per heavy atom. The number of nitrogens with zero attached hydrogens (tertiary/aromatic N) is 2. The molecule has 1 aromatic heterocycles. The normalized spacial score (nSPS) is 17.9. The van der Waals surface area contributed by atoms with Gasteiger partial charge in [-0.1, -0.05) is 0 Å². The number of alkyl halides is 2. The maximum absolute atomic E-state index is 12.4. The molecule has 18 heavy (non-hydrogen) atoms. The van der Waals surface area contributed by atoms with Crippen molar-refractivity contribution in [1.82, 2.24) is 4.98 Å². The highest BCUT2D eigenvalue weighted by molar-refractivity contribution is 5.49. The van der Waals surface area contributed by atoms with E-state index in [2.05, 4.69) is 15.2 Å². The Kier molecular flexibility index (Phi) is 4.30. The predicted octanol–water partition coefficient (Wildman–Crippen LogP) is 1.98. The molecule has 2 rings (SSSR count). The fraction of sp³-hybridized carbons (Fsp3) is 0.583. The molecule has 0 aromatic carbocycles.